The highest BCUT2D eigenvalue weighted by Crippen LogP contribution is 2.14. The van der Waals surface area contributed by atoms with Crippen LogP contribution < -0.4 is 0 Å². The zero-order chi connectivity index (χ0) is 14.5. The molecule has 0 saturated heterocycles. The molecule has 0 spiro atoms. The second-order valence-corrected chi connectivity index (χ2v) is 4.82. The van der Waals surface area contributed by atoms with Gasteiger partial charge in [-0.25, -0.2) is 0 Å². The molecule has 0 aliphatic heterocycles. The maximum atomic E-state index is 11.1. The predicted octanol–water partition coefficient (Wildman–Crippen LogP) is 4.62. The summed E-state index contributed by atoms with van der Waals surface area (Å²) in [5.74, 6) is 0. The first-order valence-electron chi connectivity index (χ1n) is 5.84. The van der Waals surface area contributed by atoms with Crippen LogP contribution in [0.5, 0.6) is 0 Å². The zero-order valence-electron chi connectivity index (χ0n) is 10.3. The molecule has 0 aliphatic carbocycles. The monoisotopic (exact) mass is 304 g/mol. The van der Waals surface area contributed by atoms with Crippen LogP contribution in [0.25, 0.3) is 12.2 Å². The van der Waals surface area contributed by atoms with Crippen LogP contribution in [0.1, 0.15) is 31.8 Å². The third-order valence-electron chi connectivity index (χ3n) is 2.70. The van der Waals surface area contributed by atoms with Crippen molar-refractivity contribution in [2.75, 3.05) is 0 Å². The van der Waals surface area contributed by atoms with Crippen molar-refractivity contribution < 1.29 is 9.59 Å². The molecular formula is C16H10Cl2O2. The van der Waals surface area contributed by atoms with E-state index in [1.165, 1.54) is 0 Å². The second-order valence-electron chi connectivity index (χ2n) is 4.13. The van der Waals surface area contributed by atoms with Gasteiger partial charge < -0.3 is 0 Å². The van der Waals surface area contributed by atoms with E-state index >= 15 is 0 Å². The largest absolute Gasteiger partial charge is 0.276 e. The standard InChI is InChI=1S/C16H10Cl2O2/c17-15(19)13-5-1-3-11(9-13)7-8-12-4-2-6-14(10-12)16(18)20/h1-10H. The molecule has 0 atom stereocenters. The summed E-state index contributed by atoms with van der Waals surface area (Å²) in [6.07, 6.45) is 3.67. The smallest absolute Gasteiger partial charge is 0.252 e. The quantitative estimate of drug-likeness (QED) is 0.610. The highest BCUT2D eigenvalue weighted by molar-refractivity contribution is 6.68. The average Bonchev–Trinajstić information content (AvgIpc) is 2.45. The summed E-state index contributed by atoms with van der Waals surface area (Å²) in [6, 6.07) is 13.9. The Kier molecular flexibility index (Phi) is 4.72. The van der Waals surface area contributed by atoms with Crippen molar-refractivity contribution >= 4 is 45.8 Å². The van der Waals surface area contributed by atoms with Gasteiger partial charge in [-0.3, -0.25) is 9.59 Å². The van der Waals surface area contributed by atoms with E-state index < -0.39 is 10.5 Å². The minimum atomic E-state index is -0.491. The van der Waals surface area contributed by atoms with Crippen LogP contribution in [0, 0.1) is 0 Å². The highest BCUT2D eigenvalue weighted by atomic mass is 35.5. The van der Waals surface area contributed by atoms with Crippen molar-refractivity contribution in [3.8, 4) is 0 Å². The van der Waals surface area contributed by atoms with Crippen molar-refractivity contribution in [3.63, 3.8) is 0 Å². The van der Waals surface area contributed by atoms with Crippen molar-refractivity contribution in [2.24, 2.45) is 0 Å². The summed E-state index contributed by atoms with van der Waals surface area (Å²) < 4.78 is 0. The second kappa shape index (κ2) is 6.51. The summed E-state index contributed by atoms with van der Waals surface area (Å²) in [6.45, 7) is 0. The first-order valence-corrected chi connectivity index (χ1v) is 6.60. The number of hydrogen-bond donors (Lipinski definition) is 0. The fourth-order valence-electron chi connectivity index (χ4n) is 1.72. The lowest BCUT2D eigenvalue weighted by Gasteiger charge is -1.98. The van der Waals surface area contributed by atoms with Crippen LogP contribution >= 0.6 is 23.2 Å². The molecule has 0 aliphatic rings. The van der Waals surface area contributed by atoms with Gasteiger partial charge in [0.2, 0.25) is 0 Å². The molecule has 2 nitrogen and oxygen atoms in total. The van der Waals surface area contributed by atoms with Crippen molar-refractivity contribution in [1.29, 1.82) is 0 Å². The molecule has 0 bridgehead atoms. The van der Waals surface area contributed by atoms with Crippen molar-refractivity contribution in [2.45, 2.75) is 0 Å². The third-order valence-corrected chi connectivity index (χ3v) is 3.13. The molecule has 100 valence electrons. The highest BCUT2D eigenvalue weighted by Gasteiger charge is 2.02. The molecule has 0 N–H and O–H groups in total. The van der Waals surface area contributed by atoms with Gasteiger partial charge in [0.1, 0.15) is 0 Å². The van der Waals surface area contributed by atoms with Gasteiger partial charge >= 0.3 is 0 Å². The van der Waals surface area contributed by atoms with Gasteiger partial charge in [0.05, 0.1) is 0 Å². The fraction of sp³-hybridized carbons (Fsp3) is 0. The molecular weight excluding hydrogens is 295 g/mol. The van der Waals surface area contributed by atoms with Crippen LogP contribution in [0.15, 0.2) is 48.5 Å². The Morgan fingerprint density at radius 2 is 1.15 bits per heavy atom. The lowest BCUT2D eigenvalue weighted by molar-refractivity contribution is 0.107. The fourth-order valence-corrected chi connectivity index (χ4v) is 1.96. The van der Waals surface area contributed by atoms with Crippen molar-refractivity contribution in [1.82, 2.24) is 0 Å². The maximum absolute atomic E-state index is 11.1. The predicted molar refractivity (Wildman–Crippen MR) is 82.2 cm³/mol. The topological polar surface area (TPSA) is 34.1 Å². The molecule has 0 heterocycles. The van der Waals surface area contributed by atoms with Gasteiger partial charge in [-0.05, 0) is 46.5 Å². The van der Waals surface area contributed by atoms with Gasteiger partial charge in [0, 0.05) is 11.1 Å². The molecule has 20 heavy (non-hydrogen) atoms. The number of rotatable bonds is 4. The Morgan fingerprint density at radius 3 is 1.50 bits per heavy atom. The van der Waals surface area contributed by atoms with E-state index in [-0.39, 0.29) is 0 Å². The molecule has 4 heteroatoms. The van der Waals surface area contributed by atoms with Gasteiger partial charge in [0.25, 0.3) is 10.5 Å². The normalized spacial score (nSPS) is 10.7. The number of hydrogen-bond acceptors (Lipinski definition) is 2. The summed E-state index contributed by atoms with van der Waals surface area (Å²) in [4.78, 5) is 22.2. The maximum Gasteiger partial charge on any atom is 0.252 e. The van der Waals surface area contributed by atoms with E-state index in [0.717, 1.165) is 11.1 Å². The number of halogens is 2. The van der Waals surface area contributed by atoms with Crippen molar-refractivity contribution in [3.05, 3.63) is 70.8 Å². The Balaban J connectivity index is 2.25. The number of carbonyl (C=O) groups excluding carboxylic acids is 2. The summed E-state index contributed by atoms with van der Waals surface area (Å²) in [7, 11) is 0. The summed E-state index contributed by atoms with van der Waals surface area (Å²) in [5, 5.41) is -0.982. The Hall–Kier alpha value is -1.90. The molecule has 0 saturated carbocycles. The van der Waals surface area contributed by atoms with E-state index in [1.54, 1.807) is 36.4 Å². The number of benzene rings is 2. The van der Waals surface area contributed by atoms with Crippen LogP contribution in [0.4, 0.5) is 0 Å². The van der Waals surface area contributed by atoms with Gasteiger partial charge in [-0.15, -0.1) is 0 Å². The Morgan fingerprint density at radius 1 is 0.750 bits per heavy atom. The Labute approximate surface area is 126 Å². The summed E-state index contributed by atoms with van der Waals surface area (Å²) in [5.41, 5.74) is 2.58. The van der Waals surface area contributed by atoms with Crippen LogP contribution in [0.2, 0.25) is 0 Å². The van der Waals surface area contributed by atoms with Crippen LogP contribution in [0.3, 0.4) is 0 Å². The lowest BCUT2D eigenvalue weighted by Crippen LogP contribution is -1.89. The van der Waals surface area contributed by atoms with Gasteiger partial charge in [-0.1, -0.05) is 48.6 Å². The number of carbonyl (C=O) groups is 2. The van der Waals surface area contributed by atoms with E-state index in [0.29, 0.717) is 11.1 Å². The van der Waals surface area contributed by atoms with Gasteiger partial charge in [0.15, 0.2) is 0 Å². The first-order chi connectivity index (χ1) is 9.56. The molecule has 2 rings (SSSR count). The SMILES string of the molecule is O=C(Cl)c1cccc(C=Cc2cccc(C(=O)Cl)c2)c1. The average molecular weight is 305 g/mol. The molecule has 0 aromatic heterocycles. The van der Waals surface area contributed by atoms with E-state index in [1.807, 2.05) is 24.3 Å². The first kappa shape index (κ1) is 14.5. The molecule has 0 amide bonds. The Bertz CT molecular complexity index is 631. The summed E-state index contributed by atoms with van der Waals surface area (Å²) >= 11 is 10.9. The molecule has 2 aromatic rings. The van der Waals surface area contributed by atoms with Crippen LogP contribution in [-0.2, 0) is 0 Å². The molecule has 0 radical (unpaired) electrons. The van der Waals surface area contributed by atoms with Gasteiger partial charge in [-0.2, -0.15) is 0 Å². The van der Waals surface area contributed by atoms with E-state index in [4.69, 9.17) is 23.2 Å². The zero-order valence-corrected chi connectivity index (χ0v) is 11.9. The van der Waals surface area contributed by atoms with E-state index in [2.05, 4.69) is 0 Å². The van der Waals surface area contributed by atoms with E-state index in [9.17, 15) is 9.59 Å². The molecule has 2 aromatic carbocycles. The van der Waals surface area contributed by atoms with Crippen LogP contribution in [-0.4, -0.2) is 10.5 Å². The molecule has 0 fully saturated rings. The minimum absolute atomic E-state index is 0.443. The molecule has 0 unspecified atom stereocenters. The lowest BCUT2D eigenvalue weighted by atomic mass is 10.1. The third kappa shape index (κ3) is 3.80. The minimum Gasteiger partial charge on any atom is -0.276 e.